The maximum Gasteiger partial charge on any atom is 0.235 e. The second-order valence-corrected chi connectivity index (χ2v) is 6.22. The summed E-state index contributed by atoms with van der Waals surface area (Å²) >= 11 is 6.64. The number of carbonyl (C=O) groups is 1. The summed E-state index contributed by atoms with van der Waals surface area (Å²) in [4.78, 5) is 14.7. The van der Waals surface area contributed by atoms with E-state index in [-0.39, 0.29) is 11.2 Å². The molecule has 0 radical (unpaired) electrons. The molecule has 1 amide bonds. The van der Waals surface area contributed by atoms with Crippen LogP contribution in [0.15, 0.2) is 0 Å². The molecule has 1 unspecified atom stereocenters. The standard InChI is InChI=1S/C12H22N2O2S2/c1-16-8-7-14(6-5-11(13)17)12(15)10-4-2-3-9-18-10/h10H,2-9H2,1H3,(H2,13,17). The molecule has 0 aromatic heterocycles. The Kier molecular flexibility index (Phi) is 7.62. The first-order valence-corrected chi connectivity index (χ1v) is 7.78. The zero-order valence-electron chi connectivity index (χ0n) is 10.9. The van der Waals surface area contributed by atoms with Gasteiger partial charge < -0.3 is 15.4 Å². The van der Waals surface area contributed by atoms with E-state index in [1.54, 1.807) is 18.9 Å². The zero-order chi connectivity index (χ0) is 13.4. The Bertz CT molecular complexity index is 281. The van der Waals surface area contributed by atoms with E-state index < -0.39 is 0 Å². The fourth-order valence-corrected chi connectivity index (χ4v) is 3.29. The van der Waals surface area contributed by atoms with Gasteiger partial charge in [0, 0.05) is 26.6 Å². The second kappa shape index (κ2) is 8.72. The Morgan fingerprint density at radius 3 is 2.83 bits per heavy atom. The summed E-state index contributed by atoms with van der Waals surface area (Å²) in [6.07, 6.45) is 3.94. The first-order chi connectivity index (χ1) is 8.65. The third kappa shape index (κ3) is 5.54. The Labute approximate surface area is 119 Å². The van der Waals surface area contributed by atoms with Gasteiger partial charge >= 0.3 is 0 Å². The summed E-state index contributed by atoms with van der Waals surface area (Å²) in [5, 5.41) is 0.113. The van der Waals surface area contributed by atoms with Crippen LogP contribution in [0.1, 0.15) is 25.7 Å². The van der Waals surface area contributed by atoms with E-state index in [1.165, 1.54) is 6.42 Å². The molecular formula is C12H22N2O2S2. The molecule has 1 rings (SSSR count). The van der Waals surface area contributed by atoms with Crippen molar-refractivity contribution in [3.8, 4) is 0 Å². The van der Waals surface area contributed by atoms with Gasteiger partial charge in [-0.3, -0.25) is 4.79 Å². The molecule has 1 heterocycles. The highest BCUT2D eigenvalue weighted by Gasteiger charge is 2.26. The fourth-order valence-electron chi connectivity index (χ4n) is 1.92. The molecule has 1 saturated heterocycles. The molecule has 0 saturated carbocycles. The molecule has 2 N–H and O–H groups in total. The van der Waals surface area contributed by atoms with Gasteiger partial charge in [0.05, 0.1) is 16.8 Å². The van der Waals surface area contributed by atoms with Crippen molar-refractivity contribution in [1.82, 2.24) is 4.90 Å². The van der Waals surface area contributed by atoms with E-state index >= 15 is 0 Å². The Hall–Kier alpha value is -0.330. The van der Waals surface area contributed by atoms with Gasteiger partial charge in [-0.25, -0.2) is 0 Å². The molecule has 104 valence electrons. The molecule has 1 atom stereocenters. The van der Waals surface area contributed by atoms with Crippen LogP contribution in [0.4, 0.5) is 0 Å². The molecule has 0 spiro atoms. The molecule has 1 aliphatic heterocycles. The maximum atomic E-state index is 12.4. The number of thiocarbonyl (C=S) groups is 1. The van der Waals surface area contributed by atoms with Crippen LogP contribution in [0.5, 0.6) is 0 Å². The molecule has 1 aliphatic rings. The van der Waals surface area contributed by atoms with Crippen molar-refractivity contribution >= 4 is 34.9 Å². The average molecular weight is 290 g/mol. The number of hydrogen-bond donors (Lipinski definition) is 1. The van der Waals surface area contributed by atoms with Crippen molar-refractivity contribution in [2.75, 3.05) is 32.6 Å². The van der Waals surface area contributed by atoms with Gasteiger partial charge in [0.1, 0.15) is 0 Å². The molecule has 1 fully saturated rings. The number of hydrogen-bond acceptors (Lipinski definition) is 4. The summed E-state index contributed by atoms with van der Waals surface area (Å²) in [6.45, 7) is 1.78. The largest absolute Gasteiger partial charge is 0.393 e. The van der Waals surface area contributed by atoms with Gasteiger partial charge in [-0.2, -0.15) is 0 Å². The summed E-state index contributed by atoms with van der Waals surface area (Å²) in [5.41, 5.74) is 5.51. The lowest BCUT2D eigenvalue weighted by Crippen LogP contribution is -2.42. The van der Waals surface area contributed by atoms with Crippen molar-refractivity contribution in [2.24, 2.45) is 5.73 Å². The van der Waals surface area contributed by atoms with Crippen LogP contribution in [-0.2, 0) is 9.53 Å². The minimum absolute atomic E-state index is 0.113. The van der Waals surface area contributed by atoms with Gasteiger partial charge in [-0.1, -0.05) is 18.6 Å². The summed E-state index contributed by atoms with van der Waals surface area (Å²) in [7, 11) is 1.64. The van der Waals surface area contributed by atoms with Gasteiger partial charge in [0.2, 0.25) is 5.91 Å². The first kappa shape index (κ1) is 15.7. The second-order valence-electron chi connectivity index (χ2n) is 4.39. The van der Waals surface area contributed by atoms with Gasteiger partial charge in [0.25, 0.3) is 0 Å². The third-order valence-electron chi connectivity index (χ3n) is 2.96. The third-order valence-corrected chi connectivity index (χ3v) is 4.53. The summed E-state index contributed by atoms with van der Waals surface area (Å²) in [6, 6.07) is 0. The van der Waals surface area contributed by atoms with E-state index in [0.29, 0.717) is 31.1 Å². The lowest BCUT2D eigenvalue weighted by Gasteiger charge is -2.28. The first-order valence-electron chi connectivity index (χ1n) is 6.32. The van der Waals surface area contributed by atoms with Crippen LogP contribution in [0.2, 0.25) is 0 Å². The summed E-state index contributed by atoms with van der Waals surface area (Å²) < 4.78 is 5.05. The minimum Gasteiger partial charge on any atom is -0.393 e. The molecule has 0 aromatic rings. The van der Waals surface area contributed by atoms with Crippen molar-refractivity contribution in [2.45, 2.75) is 30.9 Å². The Morgan fingerprint density at radius 1 is 1.50 bits per heavy atom. The number of nitrogens with two attached hydrogens (primary N) is 1. The number of thioether (sulfide) groups is 1. The number of rotatable bonds is 7. The monoisotopic (exact) mass is 290 g/mol. The number of carbonyl (C=O) groups excluding carboxylic acids is 1. The predicted octanol–water partition coefficient (Wildman–Crippen LogP) is 1.42. The van der Waals surface area contributed by atoms with E-state index in [0.717, 1.165) is 18.6 Å². The molecular weight excluding hydrogens is 268 g/mol. The van der Waals surface area contributed by atoms with E-state index in [1.807, 2.05) is 4.90 Å². The molecule has 18 heavy (non-hydrogen) atoms. The average Bonchev–Trinajstić information content (AvgIpc) is 2.39. The molecule has 0 aliphatic carbocycles. The van der Waals surface area contributed by atoms with Crippen LogP contribution < -0.4 is 5.73 Å². The number of methoxy groups -OCH3 is 1. The van der Waals surface area contributed by atoms with Crippen molar-refractivity contribution in [1.29, 1.82) is 0 Å². The van der Waals surface area contributed by atoms with Crippen molar-refractivity contribution < 1.29 is 9.53 Å². The topological polar surface area (TPSA) is 55.6 Å². The highest BCUT2D eigenvalue weighted by molar-refractivity contribution is 8.00. The molecule has 0 bridgehead atoms. The number of ether oxygens (including phenoxy) is 1. The number of amides is 1. The lowest BCUT2D eigenvalue weighted by molar-refractivity contribution is -0.131. The van der Waals surface area contributed by atoms with Crippen LogP contribution in [0, 0.1) is 0 Å². The van der Waals surface area contributed by atoms with E-state index in [9.17, 15) is 4.79 Å². The minimum atomic E-state index is 0.113. The van der Waals surface area contributed by atoms with Crippen LogP contribution in [0.25, 0.3) is 0 Å². The van der Waals surface area contributed by atoms with Crippen molar-refractivity contribution in [3.05, 3.63) is 0 Å². The highest BCUT2D eigenvalue weighted by Crippen LogP contribution is 2.26. The van der Waals surface area contributed by atoms with Gasteiger partial charge in [-0.15, -0.1) is 11.8 Å². The number of nitrogens with zero attached hydrogens (tertiary/aromatic N) is 1. The zero-order valence-corrected chi connectivity index (χ0v) is 12.5. The summed E-state index contributed by atoms with van der Waals surface area (Å²) in [5.74, 6) is 1.30. The highest BCUT2D eigenvalue weighted by atomic mass is 32.2. The van der Waals surface area contributed by atoms with Crippen LogP contribution in [0.3, 0.4) is 0 Å². The maximum absolute atomic E-state index is 12.4. The lowest BCUT2D eigenvalue weighted by atomic mass is 10.1. The van der Waals surface area contributed by atoms with E-state index in [4.69, 9.17) is 22.7 Å². The quantitative estimate of drug-likeness (QED) is 0.719. The molecule has 4 nitrogen and oxygen atoms in total. The Balaban J connectivity index is 2.50. The van der Waals surface area contributed by atoms with Crippen molar-refractivity contribution in [3.63, 3.8) is 0 Å². The van der Waals surface area contributed by atoms with Gasteiger partial charge in [-0.05, 0) is 18.6 Å². The molecule has 6 heteroatoms. The predicted molar refractivity (Wildman–Crippen MR) is 80.0 cm³/mol. The van der Waals surface area contributed by atoms with Crippen LogP contribution in [-0.4, -0.2) is 53.6 Å². The van der Waals surface area contributed by atoms with E-state index in [2.05, 4.69) is 0 Å². The molecule has 0 aromatic carbocycles. The normalized spacial score (nSPS) is 19.5. The van der Waals surface area contributed by atoms with Gasteiger partial charge in [0.15, 0.2) is 0 Å². The van der Waals surface area contributed by atoms with Crippen LogP contribution >= 0.6 is 24.0 Å². The SMILES string of the molecule is COCCN(CCC(N)=S)C(=O)C1CCCCS1. The smallest absolute Gasteiger partial charge is 0.235 e. The fraction of sp³-hybridized carbons (Fsp3) is 0.833. The Morgan fingerprint density at radius 2 is 2.28 bits per heavy atom.